The van der Waals surface area contributed by atoms with Crippen molar-refractivity contribution in [1.29, 1.82) is 0 Å². The van der Waals surface area contributed by atoms with Crippen LogP contribution in [0.2, 0.25) is 0 Å². The van der Waals surface area contributed by atoms with Gasteiger partial charge in [0.1, 0.15) is 0 Å². The standard InChI is InChI=1S/C18H33N5O2/c1-14(22-8-6-7-9-22)12-19-18(24)23(10-11-25-5)13-17-15(2)20-21(4)16(17)3/h14H,6-13H2,1-5H3,(H,19,24)/t14-/m0/s1. The van der Waals surface area contributed by atoms with Crippen molar-refractivity contribution in [2.24, 2.45) is 7.05 Å². The Morgan fingerprint density at radius 2 is 2.04 bits per heavy atom. The Morgan fingerprint density at radius 3 is 2.60 bits per heavy atom. The maximum Gasteiger partial charge on any atom is 0.317 e. The van der Waals surface area contributed by atoms with E-state index in [0.717, 1.165) is 30.0 Å². The van der Waals surface area contributed by atoms with E-state index in [0.29, 0.717) is 32.3 Å². The molecule has 1 saturated heterocycles. The predicted molar refractivity (Wildman–Crippen MR) is 98.6 cm³/mol. The highest BCUT2D eigenvalue weighted by atomic mass is 16.5. The molecule has 1 aromatic heterocycles. The Hall–Kier alpha value is -1.60. The second-order valence-corrected chi connectivity index (χ2v) is 6.97. The summed E-state index contributed by atoms with van der Waals surface area (Å²) in [7, 11) is 3.59. The Labute approximate surface area is 151 Å². The maximum absolute atomic E-state index is 12.7. The third kappa shape index (κ3) is 5.19. The van der Waals surface area contributed by atoms with Gasteiger partial charge in [0.05, 0.1) is 18.8 Å². The summed E-state index contributed by atoms with van der Waals surface area (Å²) in [5.41, 5.74) is 3.18. The minimum absolute atomic E-state index is 0.0363. The van der Waals surface area contributed by atoms with Crippen LogP contribution in [-0.4, -0.2) is 71.5 Å². The lowest BCUT2D eigenvalue weighted by Crippen LogP contribution is -2.46. The molecular weight excluding hydrogens is 318 g/mol. The first-order chi connectivity index (χ1) is 11.9. The Balaban J connectivity index is 1.96. The third-order valence-corrected chi connectivity index (χ3v) is 5.17. The van der Waals surface area contributed by atoms with Crippen molar-refractivity contribution >= 4 is 6.03 Å². The SMILES string of the molecule is COCCN(Cc1c(C)nn(C)c1C)C(=O)NC[C@H](C)N1CCCC1. The van der Waals surface area contributed by atoms with E-state index in [1.807, 2.05) is 30.5 Å². The minimum Gasteiger partial charge on any atom is -0.383 e. The van der Waals surface area contributed by atoms with Crippen LogP contribution >= 0.6 is 0 Å². The Bertz CT molecular complexity index is 566. The lowest BCUT2D eigenvalue weighted by Gasteiger charge is -2.27. The van der Waals surface area contributed by atoms with Crippen molar-refractivity contribution in [3.8, 4) is 0 Å². The van der Waals surface area contributed by atoms with Crippen LogP contribution in [0.4, 0.5) is 4.79 Å². The van der Waals surface area contributed by atoms with Crippen molar-refractivity contribution in [2.45, 2.75) is 46.2 Å². The molecule has 1 aliphatic heterocycles. The van der Waals surface area contributed by atoms with Gasteiger partial charge in [-0.3, -0.25) is 9.58 Å². The van der Waals surface area contributed by atoms with Crippen LogP contribution in [-0.2, 0) is 18.3 Å². The summed E-state index contributed by atoms with van der Waals surface area (Å²) < 4.78 is 7.05. The van der Waals surface area contributed by atoms with Gasteiger partial charge in [-0.1, -0.05) is 0 Å². The van der Waals surface area contributed by atoms with E-state index in [2.05, 4.69) is 22.2 Å². The molecule has 25 heavy (non-hydrogen) atoms. The average Bonchev–Trinajstić information content (AvgIpc) is 3.20. The number of methoxy groups -OCH3 is 1. The fraction of sp³-hybridized carbons (Fsp3) is 0.778. The van der Waals surface area contributed by atoms with E-state index in [1.54, 1.807) is 7.11 Å². The van der Waals surface area contributed by atoms with Gasteiger partial charge < -0.3 is 15.0 Å². The van der Waals surface area contributed by atoms with Crippen LogP contribution in [0.15, 0.2) is 0 Å². The molecule has 0 radical (unpaired) electrons. The lowest BCUT2D eigenvalue weighted by atomic mass is 10.2. The van der Waals surface area contributed by atoms with E-state index in [-0.39, 0.29) is 6.03 Å². The minimum atomic E-state index is -0.0363. The van der Waals surface area contributed by atoms with Gasteiger partial charge in [0.2, 0.25) is 0 Å². The lowest BCUT2D eigenvalue weighted by molar-refractivity contribution is 0.144. The predicted octanol–water partition coefficient (Wildman–Crippen LogP) is 1.68. The number of aromatic nitrogens is 2. The van der Waals surface area contributed by atoms with Crippen LogP contribution in [0.25, 0.3) is 0 Å². The zero-order valence-corrected chi connectivity index (χ0v) is 16.3. The number of rotatable bonds is 8. The molecule has 2 rings (SSSR count). The van der Waals surface area contributed by atoms with Gasteiger partial charge in [0, 0.05) is 44.5 Å². The smallest absolute Gasteiger partial charge is 0.317 e. The van der Waals surface area contributed by atoms with Crippen molar-refractivity contribution in [3.05, 3.63) is 17.0 Å². The molecule has 0 unspecified atom stereocenters. The highest BCUT2D eigenvalue weighted by Crippen LogP contribution is 2.15. The van der Waals surface area contributed by atoms with Crippen LogP contribution in [0.3, 0.4) is 0 Å². The van der Waals surface area contributed by atoms with E-state index in [1.165, 1.54) is 12.8 Å². The highest BCUT2D eigenvalue weighted by Gasteiger charge is 2.21. The summed E-state index contributed by atoms with van der Waals surface area (Å²) in [5, 5.41) is 7.55. The quantitative estimate of drug-likeness (QED) is 0.774. The monoisotopic (exact) mass is 351 g/mol. The fourth-order valence-corrected chi connectivity index (χ4v) is 3.35. The van der Waals surface area contributed by atoms with Gasteiger partial charge in [-0.15, -0.1) is 0 Å². The molecule has 0 bridgehead atoms. The second-order valence-electron chi connectivity index (χ2n) is 6.97. The first kappa shape index (κ1) is 19.7. The molecule has 7 heteroatoms. The summed E-state index contributed by atoms with van der Waals surface area (Å²) in [5.74, 6) is 0. The van der Waals surface area contributed by atoms with E-state index < -0.39 is 0 Å². The third-order valence-electron chi connectivity index (χ3n) is 5.17. The fourth-order valence-electron chi connectivity index (χ4n) is 3.35. The number of nitrogens with zero attached hydrogens (tertiary/aromatic N) is 4. The number of ether oxygens (including phenoxy) is 1. The number of carbonyl (C=O) groups is 1. The zero-order valence-electron chi connectivity index (χ0n) is 16.3. The number of likely N-dealkylation sites (tertiary alicyclic amines) is 1. The van der Waals surface area contributed by atoms with Crippen molar-refractivity contribution in [1.82, 2.24) is 24.9 Å². The number of amides is 2. The van der Waals surface area contributed by atoms with Gasteiger partial charge in [-0.05, 0) is 46.7 Å². The van der Waals surface area contributed by atoms with E-state index >= 15 is 0 Å². The number of carbonyl (C=O) groups excluding carboxylic acids is 1. The maximum atomic E-state index is 12.7. The second kappa shape index (κ2) is 9.20. The van der Waals surface area contributed by atoms with Crippen LogP contribution in [0.1, 0.15) is 36.7 Å². The molecule has 1 fully saturated rings. The molecule has 0 saturated carbocycles. The number of hydrogen-bond donors (Lipinski definition) is 1. The molecule has 2 amide bonds. The summed E-state index contributed by atoms with van der Waals surface area (Å²) in [4.78, 5) is 17.0. The molecule has 0 aliphatic carbocycles. The van der Waals surface area contributed by atoms with Gasteiger partial charge in [-0.25, -0.2) is 4.79 Å². The molecule has 0 aromatic carbocycles. The number of urea groups is 1. The average molecular weight is 351 g/mol. The molecule has 1 aromatic rings. The van der Waals surface area contributed by atoms with Gasteiger partial charge in [-0.2, -0.15) is 5.10 Å². The Morgan fingerprint density at radius 1 is 1.36 bits per heavy atom. The topological polar surface area (TPSA) is 62.6 Å². The molecule has 7 nitrogen and oxygen atoms in total. The highest BCUT2D eigenvalue weighted by molar-refractivity contribution is 5.74. The first-order valence-corrected chi connectivity index (χ1v) is 9.18. The molecule has 1 aliphatic rings. The van der Waals surface area contributed by atoms with Gasteiger partial charge in [0.15, 0.2) is 0 Å². The first-order valence-electron chi connectivity index (χ1n) is 9.18. The van der Waals surface area contributed by atoms with Gasteiger partial charge >= 0.3 is 6.03 Å². The van der Waals surface area contributed by atoms with Gasteiger partial charge in [0.25, 0.3) is 0 Å². The largest absolute Gasteiger partial charge is 0.383 e. The van der Waals surface area contributed by atoms with Crippen molar-refractivity contribution in [3.63, 3.8) is 0 Å². The molecule has 142 valence electrons. The number of aryl methyl sites for hydroxylation is 2. The summed E-state index contributed by atoms with van der Waals surface area (Å²) in [6.07, 6.45) is 2.52. The van der Waals surface area contributed by atoms with Crippen molar-refractivity contribution < 1.29 is 9.53 Å². The normalized spacial score (nSPS) is 16.2. The van der Waals surface area contributed by atoms with Crippen LogP contribution in [0.5, 0.6) is 0 Å². The van der Waals surface area contributed by atoms with Crippen LogP contribution in [0, 0.1) is 13.8 Å². The molecular formula is C18H33N5O2. The molecule has 1 N–H and O–H groups in total. The Kier molecular flexibility index (Phi) is 7.25. The summed E-state index contributed by atoms with van der Waals surface area (Å²) >= 11 is 0. The zero-order chi connectivity index (χ0) is 18.4. The summed E-state index contributed by atoms with van der Waals surface area (Å²) in [6.45, 7) is 10.8. The van der Waals surface area contributed by atoms with Crippen molar-refractivity contribution in [2.75, 3.05) is 39.9 Å². The number of hydrogen-bond acceptors (Lipinski definition) is 4. The van der Waals surface area contributed by atoms with E-state index in [4.69, 9.17) is 4.74 Å². The molecule has 1 atom stereocenters. The summed E-state index contributed by atoms with van der Waals surface area (Å²) in [6, 6.07) is 0.336. The van der Waals surface area contributed by atoms with E-state index in [9.17, 15) is 4.79 Å². The number of nitrogens with one attached hydrogen (secondary N) is 1. The molecule has 0 spiro atoms. The molecule has 2 heterocycles. The van der Waals surface area contributed by atoms with Crippen LogP contribution < -0.4 is 5.32 Å².